The first-order valence-electron chi connectivity index (χ1n) is 9.24. The molecule has 6 heteroatoms. The zero-order chi connectivity index (χ0) is 18.3. The number of imidazole rings is 1. The minimum absolute atomic E-state index is 0.154. The highest BCUT2D eigenvalue weighted by atomic mass is 19.1. The molecule has 1 aromatic heterocycles. The number of aromatic nitrogens is 2. The molecule has 0 unspecified atom stereocenters. The number of amides is 1. The molecule has 5 nitrogen and oxygen atoms in total. The lowest BCUT2D eigenvalue weighted by molar-refractivity contribution is 0.0680. The smallest absolute Gasteiger partial charge is 0.257 e. The van der Waals surface area contributed by atoms with Crippen molar-refractivity contribution >= 4 is 5.91 Å². The van der Waals surface area contributed by atoms with Gasteiger partial charge in [0.1, 0.15) is 11.6 Å². The third kappa shape index (κ3) is 3.03. The number of nitrogens with one attached hydrogen (secondary N) is 1. The molecule has 1 atom stereocenters. The van der Waals surface area contributed by atoms with Gasteiger partial charge in [0, 0.05) is 25.5 Å². The van der Waals surface area contributed by atoms with Crippen molar-refractivity contribution in [3.63, 3.8) is 0 Å². The molecule has 26 heavy (non-hydrogen) atoms. The summed E-state index contributed by atoms with van der Waals surface area (Å²) < 4.78 is 16.4. The number of piperidine rings is 1. The molecular formula is C20H25FN4O. The summed E-state index contributed by atoms with van der Waals surface area (Å²) in [5.74, 6) is 0.146. The van der Waals surface area contributed by atoms with Crippen LogP contribution in [0.15, 0.2) is 30.6 Å². The molecular weight excluding hydrogens is 331 g/mol. The van der Waals surface area contributed by atoms with E-state index in [1.165, 1.54) is 6.07 Å². The first-order valence-corrected chi connectivity index (χ1v) is 9.24. The van der Waals surface area contributed by atoms with Crippen molar-refractivity contribution in [3.05, 3.63) is 53.4 Å². The standard InChI is InChI=1S/C20H25FN4O/c1-14-3-4-15(16(21)11-14)19(26)25(13-18-23-9-10-24(18)2)17-12-20(17)5-7-22-8-6-20/h3-4,9-11,17,22H,5-8,12-13H2,1-2H3/t17-/m0/s1. The molecule has 138 valence electrons. The summed E-state index contributed by atoms with van der Waals surface area (Å²) in [6.07, 6.45) is 6.74. The molecule has 2 heterocycles. The zero-order valence-electron chi connectivity index (χ0n) is 15.3. The van der Waals surface area contributed by atoms with E-state index in [4.69, 9.17) is 0 Å². The largest absolute Gasteiger partial charge is 0.337 e. The Morgan fingerprint density at radius 1 is 1.42 bits per heavy atom. The molecule has 1 N–H and O–H groups in total. The lowest BCUT2D eigenvalue weighted by Gasteiger charge is -2.29. The van der Waals surface area contributed by atoms with E-state index in [0.29, 0.717) is 6.54 Å². The minimum Gasteiger partial charge on any atom is -0.337 e. The first kappa shape index (κ1) is 17.2. The third-order valence-electron chi connectivity index (χ3n) is 5.97. The molecule has 1 saturated heterocycles. The van der Waals surface area contributed by atoms with E-state index in [1.54, 1.807) is 18.3 Å². The molecule has 0 radical (unpaired) electrons. The molecule has 1 aliphatic heterocycles. The fraction of sp³-hybridized carbons (Fsp3) is 0.500. The highest BCUT2D eigenvalue weighted by Gasteiger charge is 2.58. The molecule has 2 aliphatic rings. The molecule has 1 spiro atoms. The van der Waals surface area contributed by atoms with Crippen LogP contribution in [-0.4, -0.2) is 39.5 Å². The number of benzene rings is 1. The van der Waals surface area contributed by atoms with Crippen molar-refractivity contribution in [2.75, 3.05) is 13.1 Å². The Morgan fingerprint density at radius 3 is 2.85 bits per heavy atom. The van der Waals surface area contributed by atoms with Crippen LogP contribution in [0.3, 0.4) is 0 Å². The van der Waals surface area contributed by atoms with Gasteiger partial charge in [0.15, 0.2) is 0 Å². The molecule has 2 fully saturated rings. The van der Waals surface area contributed by atoms with Gasteiger partial charge in [0.25, 0.3) is 5.91 Å². The van der Waals surface area contributed by atoms with Crippen LogP contribution < -0.4 is 5.32 Å². The highest BCUT2D eigenvalue weighted by Crippen LogP contribution is 2.56. The zero-order valence-corrected chi connectivity index (χ0v) is 15.3. The van der Waals surface area contributed by atoms with Crippen molar-refractivity contribution in [2.24, 2.45) is 12.5 Å². The predicted octanol–water partition coefficient (Wildman–Crippen LogP) is 2.65. The summed E-state index contributed by atoms with van der Waals surface area (Å²) in [6, 6.07) is 4.99. The van der Waals surface area contributed by atoms with Crippen molar-refractivity contribution in [1.29, 1.82) is 0 Å². The molecule has 4 rings (SSSR count). The van der Waals surface area contributed by atoms with Crippen molar-refractivity contribution in [3.8, 4) is 0 Å². The number of carbonyl (C=O) groups is 1. The Labute approximate surface area is 153 Å². The van der Waals surface area contributed by atoms with Crippen LogP contribution in [0.25, 0.3) is 0 Å². The van der Waals surface area contributed by atoms with Crippen LogP contribution in [0.4, 0.5) is 4.39 Å². The second kappa shape index (κ2) is 6.50. The van der Waals surface area contributed by atoms with Crippen LogP contribution >= 0.6 is 0 Å². The number of halogens is 1. The van der Waals surface area contributed by atoms with Gasteiger partial charge in [0.05, 0.1) is 12.1 Å². The molecule has 1 aliphatic carbocycles. The average molecular weight is 356 g/mol. The molecule has 1 saturated carbocycles. The summed E-state index contributed by atoms with van der Waals surface area (Å²) in [5, 5.41) is 3.39. The van der Waals surface area contributed by atoms with E-state index in [2.05, 4.69) is 10.3 Å². The summed E-state index contributed by atoms with van der Waals surface area (Å²) in [7, 11) is 1.92. The topological polar surface area (TPSA) is 50.2 Å². The third-order valence-corrected chi connectivity index (χ3v) is 5.97. The van der Waals surface area contributed by atoms with E-state index >= 15 is 0 Å². The maximum atomic E-state index is 14.5. The lowest BCUT2D eigenvalue weighted by atomic mass is 9.93. The summed E-state index contributed by atoms with van der Waals surface area (Å²) in [4.78, 5) is 19.5. The Balaban J connectivity index is 1.64. The molecule has 1 aromatic carbocycles. The van der Waals surface area contributed by atoms with Crippen LogP contribution in [0.5, 0.6) is 0 Å². The van der Waals surface area contributed by atoms with Gasteiger partial charge in [-0.1, -0.05) is 6.07 Å². The number of carbonyl (C=O) groups excluding carboxylic acids is 1. The predicted molar refractivity (Wildman–Crippen MR) is 97.2 cm³/mol. The lowest BCUT2D eigenvalue weighted by Crippen LogP contribution is -2.39. The number of hydrogen-bond acceptors (Lipinski definition) is 3. The van der Waals surface area contributed by atoms with Gasteiger partial charge >= 0.3 is 0 Å². The second-order valence-corrected chi connectivity index (χ2v) is 7.70. The molecule has 0 bridgehead atoms. The number of hydrogen-bond donors (Lipinski definition) is 1. The quantitative estimate of drug-likeness (QED) is 0.916. The summed E-state index contributed by atoms with van der Waals surface area (Å²) in [5.41, 5.74) is 1.16. The van der Waals surface area contributed by atoms with E-state index in [1.807, 2.05) is 29.6 Å². The van der Waals surface area contributed by atoms with E-state index in [9.17, 15) is 9.18 Å². The normalized spacial score (nSPS) is 21.0. The second-order valence-electron chi connectivity index (χ2n) is 7.70. The number of rotatable bonds is 4. The average Bonchev–Trinajstić information content (AvgIpc) is 3.13. The SMILES string of the molecule is Cc1ccc(C(=O)N(Cc2nccn2C)[C@H]2CC23CCNCC3)c(F)c1. The van der Waals surface area contributed by atoms with Crippen LogP contribution in [0.1, 0.15) is 41.0 Å². The Morgan fingerprint density at radius 2 is 2.19 bits per heavy atom. The fourth-order valence-electron chi connectivity index (χ4n) is 4.20. The van der Waals surface area contributed by atoms with Gasteiger partial charge in [-0.05, 0) is 62.4 Å². The van der Waals surface area contributed by atoms with Gasteiger partial charge in [0.2, 0.25) is 0 Å². The van der Waals surface area contributed by atoms with Gasteiger partial charge < -0.3 is 14.8 Å². The van der Waals surface area contributed by atoms with Crippen LogP contribution in [-0.2, 0) is 13.6 Å². The highest BCUT2D eigenvalue weighted by molar-refractivity contribution is 5.95. The first-order chi connectivity index (χ1) is 12.5. The molecule has 2 aromatic rings. The monoisotopic (exact) mass is 356 g/mol. The van der Waals surface area contributed by atoms with Crippen LogP contribution in [0, 0.1) is 18.2 Å². The van der Waals surface area contributed by atoms with Crippen molar-refractivity contribution < 1.29 is 9.18 Å². The van der Waals surface area contributed by atoms with Gasteiger partial charge in [-0.2, -0.15) is 0 Å². The fourth-order valence-corrected chi connectivity index (χ4v) is 4.20. The van der Waals surface area contributed by atoms with Gasteiger partial charge in [-0.25, -0.2) is 9.37 Å². The van der Waals surface area contributed by atoms with Crippen molar-refractivity contribution in [2.45, 2.75) is 38.8 Å². The summed E-state index contributed by atoms with van der Waals surface area (Å²) in [6.45, 7) is 4.21. The Bertz CT molecular complexity index is 825. The molecule has 1 amide bonds. The maximum Gasteiger partial charge on any atom is 0.257 e. The number of aryl methyl sites for hydroxylation is 2. The Hall–Kier alpha value is -2.21. The van der Waals surface area contributed by atoms with E-state index in [0.717, 1.165) is 43.7 Å². The van der Waals surface area contributed by atoms with E-state index in [-0.39, 0.29) is 22.9 Å². The van der Waals surface area contributed by atoms with Crippen molar-refractivity contribution in [1.82, 2.24) is 19.8 Å². The Kier molecular flexibility index (Phi) is 4.31. The number of nitrogens with zero attached hydrogens (tertiary/aromatic N) is 3. The maximum absolute atomic E-state index is 14.5. The van der Waals surface area contributed by atoms with Crippen LogP contribution in [0.2, 0.25) is 0 Å². The van der Waals surface area contributed by atoms with Gasteiger partial charge in [-0.3, -0.25) is 4.79 Å². The minimum atomic E-state index is -0.445. The summed E-state index contributed by atoms with van der Waals surface area (Å²) >= 11 is 0. The van der Waals surface area contributed by atoms with E-state index < -0.39 is 5.82 Å². The van der Waals surface area contributed by atoms with Gasteiger partial charge in [-0.15, -0.1) is 0 Å².